The zero-order valence-corrected chi connectivity index (χ0v) is 10.0. The molecule has 0 bridgehead atoms. The van der Waals surface area contributed by atoms with E-state index in [4.69, 9.17) is 4.74 Å². The maximum Gasteiger partial charge on any atom is 0.0859 e. The third-order valence-corrected chi connectivity index (χ3v) is 4.32. The van der Waals surface area contributed by atoms with Gasteiger partial charge in [-0.25, -0.2) is 0 Å². The highest BCUT2D eigenvalue weighted by atomic mass is 16.5. The molecule has 3 rings (SSSR count). The van der Waals surface area contributed by atoms with E-state index >= 15 is 0 Å². The molecule has 0 radical (unpaired) electrons. The molecule has 1 heterocycles. The standard InChI is InChI=1S/C12H19N3O/c1-15-12-6-4-9-8(10(9)7-16-2)3-5-11(12)13-14-15/h8-10H,3-7H2,1-2H3. The molecule has 0 N–H and O–H groups in total. The largest absolute Gasteiger partial charge is 0.384 e. The second-order valence-corrected chi connectivity index (χ2v) is 5.13. The average molecular weight is 221 g/mol. The molecule has 16 heavy (non-hydrogen) atoms. The zero-order chi connectivity index (χ0) is 11.1. The molecule has 1 aromatic rings. The Bertz CT molecular complexity index is 388. The van der Waals surface area contributed by atoms with Crippen molar-refractivity contribution in [1.29, 1.82) is 0 Å². The van der Waals surface area contributed by atoms with E-state index in [1.54, 1.807) is 0 Å². The predicted octanol–water partition coefficient (Wildman–Crippen LogP) is 1.20. The first-order valence-electron chi connectivity index (χ1n) is 6.17. The summed E-state index contributed by atoms with van der Waals surface area (Å²) in [7, 11) is 3.82. The van der Waals surface area contributed by atoms with E-state index in [2.05, 4.69) is 10.3 Å². The molecule has 2 aliphatic rings. The highest BCUT2D eigenvalue weighted by Crippen LogP contribution is 2.52. The van der Waals surface area contributed by atoms with Crippen LogP contribution < -0.4 is 0 Å². The van der Waals surface area contributed by atoms with Crippen LogP contribution in [0.3, 0.4) is 0 Å². The van der Waals surface area contributed by atoms with Crippen molar-refractivity contribution in [3.05, 3.63) is 11.4 Å². The van der Waals surface area contributed by atoms with Gasteiger partial charge >= 0.3 is 0 Å². The maximum absolute atomic E-state index is 5.29. The van der Waals surface area contributed by atoms with Crippen LogP contribution in [0.25, 0.3) is 0 Å². The molecule has 88 valence electrons. The first-order chi connectivity index (χ1) is 7.81. The summed E-state index contributed by atoms with van der Waals surface area (Å²) in [4.78, 5) is 0. The lowest BCUT2D eigenvalue weighted by Crippen LogP contribution is -2.04. The molecule has 2 aliphatic carbocycles. The average Bonchev–Trinajstić information content (AvgIpc) is 2.76. The van der Waals surface area contributed by atoms with Crippen molar-refractivity contribution in [2.24, 2.45) is 24.8 Å². The van der Waals surface area contributed by atoms with Gasteiger partial charge in [0.05, 0.1) is 11.4 Å². The van der Waals surface area contributed by atoms with Crippen LogP contribution in [-0.4, -0.2) is 28.7 Å². The number of aryl methyl sites for hydroxylation is 2. The number of ether oxygens (including phenoxy) is 1. The van der Waals surface area contributed by atoms with Crippen LogP contribution in [0.5, 0.6) is 0 Å². The number of hydrogen-bond acceptors (Lipinski definition) is 3. The zero-order valence-electron chi connectivity index (χ0n) is 10.0. The minimum absolute atomic E-state index is 0.812. The van der Waals surface area contributed by atoms with Gasteiger partial charge in [0.25, 0.3) is 0 Å². The quantitative estimate of drug-likeness (QED) is 0.753. The van der Waals surface area contributed by atoms with Crippen molar-refractivity contribution in [2.75, 3.05) is 13.7 Å². The summed E-state index contributed by atoms with van der Waals surface area (Å²) in [5, 5.41) is 8.38. The van der Waals surface area contributed by atoms with Crippen LogP contribution in [0.15, 0.2) is 0 Å². The Morgan fingerprint density at radius 2 is 2.06 bits per heavy atom. The lowest BCUT2D eigenvalue weighted by atomic mass is 10.0. The molecule has 1 fully saturated rings. The number of nitrogens with zero attached hydrogens (tertiary/aromatic N) is 3. The fourth-order valence-electron chi connectivity index (χ4n) is 3.35. The van der Waals surface area contributed by atoms with E-state index in [-0.39, 0.29) is 0 Å². The van der Waals surface area contributed by atoms with E-state index in [1.807, 2.05) is 18.8 Å². The first kappa shape index (κ1) is 10.3. The summed E-state index contributed by atoms with van der Waals surface area (Å²) in [6.07, 6.45) is 4.79. The molecule has 0 aromatic carbocycles. The van der Waals surface area contributed by atoms with Crippen molar-refractivity contribution in [2.45, 2.75) is 25.7 Å². The molecular weight excluding hydrogens is 202 g/mol. The SMILES string of the molecule is COCC1C2CCc3nnn(C)c3CCC21. The van der Waals surface area contributed by atoms with Crippen molar-refractivity contribution in [1.82, 2.24) is 15.0 Å². The van der Waals surface area contributed by atoms with E-state index in [9.17, 15) is 0 Å². The molecule has 1 saturated carbocycles. The molecule has 3 atom stereocenters. The number of fused-ring (bicyclic) bond motifs is 2. The van der Waals surface area contributed by atoms with Crippen LogP contribution in [0.2, 0.25) is 0 Å². The van der Waals surface area contributed by atoms with Gasteiger partial charge in [-0.2, -0.15) is 0 Å². The topological polar surface area (TPSA) is 39.9 Å². The van der Waals surface area contributed by atoms with Gasteiger partial charge < -0.3 is 4.74 Å². The minimum atomic E-state index is 0.812. The molecule has 0 spiro atoms. The normalized spacial score (nSPS) is 32.5. The molecule has 0 aliphatic heterocycles. The van der Waals surface area contributed by atoms with Crippen LogP contribution in [0.1, 0.15) is 24.2 Å². The van der Waals surface area contributed by atoms with Crippen LogP contribution in [-0.2, 0) is 24.6 Å². The van der Waals surface area contributed by atoms with E-state index in [0.29, 0.717) is 0 Å². The Labute approximate surface area is 96.0 Å². The van der Waals surface area contributed by atoms with Crippen molar-refractivity contribution in [3.63, 3.8) is 0 Å². The molecule has 3 unspecified atom stereocenters. The van der Waals surface area contributed by atoms with Crippen LogP contribution >= 0.6 is 0 Å². The summed E-state index contributed by atoms with van der Waals surface area (Å²) < 4.78 is 7.24. The first-order valence-corrected chi connectivity index (χ1v) is 6.17. The number of hydrogen-bond donors (Lipinski definition) is 0. The van der Waals surface area contributed by atoms with Crippen molar-refractivity contribution >= 4 is 0 Å². The van der Waals surface area contributed by atoms with E-state index in [0.717, 1.165) is 37.2 Å². The van der Waals surface area contributed by atoms with Crippen LogP contribution in [0.4, 0.5) is 0 Å². The van der Waals surface area contributed by atoms with Gasteiger partial charge in [0.15, 0.2) is 0 Å². The number of aromatic nitrogens is 3. The lowest BCUT2D eigenvalue weighted by Gasteiger charge is -2.07. The third-order valence-electron chi connectivity index (χ3n) is 4.32. The minimum Gasteiger partial charge on any atom is -0.384 e. The van der Waals surface area contributed by atoms with E-state index in [1.165, 1.54) is 24.2 Å². The fourth-order valence-corrected chi connectivity index (χ4v) is 3.35. The highest BCUT2D eigenvalue weighted by molar-refractivity contribution is 5.14. The van der Waals surface area contributed by atoms with Gasteiger partial charge in [-0.15, -0.1) is 5.10 Å². The maximum atomic E-state index is 5.29. The second kappa shape index (κ2) is 3.84. The molecule has 1 aromatic heterocycles. The van der Waals surface area contributed by atoms with Crippen LogP contribution in [0, 0.1) is 17.8 Å². The fraction of sp³-hybridized carbons (Fsp3) is 0.833. The predicted molar refractivity (Wildman–Crippen MR) is 60.0 cm³/mol. The second-order valence-electron chi connectivity index (χ2n) is 5.13. The summed E-state index contributed by atoms with van der Waals surface area (Å²) >= 11 is 0. The smallest absolute Gasteiger partial charge is 0.0859 e. The number of methoxy groups -OCH3 is 1. The molecule has 4 heteroatoms. The Balaban J connectivity index is 1.73. The van der Waals surface area contributed by atoms with Gasteiger partial charge in [-0.1, -0.05) is 5.21 Å². The summed E-state index contributed by atoms with van der Waals surface area (Å²) in [5.74, 6) is 2.59. The van der Waals surface area contributed by atoms with Gasteiger partial charge in [0, 0.05) is 20.8 Å². The Morgan fingerprint density at radius 1 is 1.31 bits per heavy atom. The highest BCUT2D eigenvalue weighted by Gasteiger charge is 2.49. The Kier molecular flexibility index (Phi) is 2.46. The van der Waals surface area contributed by atoms with Gasteiger partial charge in [0.1, 0.15) is 0 Å². The monoisotopic (exact) mass is 221 g/mol. The van der Waals surface area contributed by atoms with Gasteiger partial charge in [0.2, 0.25) is 0 Å². The summed E-state index contributed by atoms with van der Waals surface area (Å²) in [6, 6.07) is 0. The number of rotatable bonds is 2. The van der Waals surface area contributed by atoms with Crippen molar-refractivity contribution < 1.29 is 4.74 Å². The lowest BCUT2D eigenvalue weighted by molar-refractivity contribution is 0.176. The van der Waals surface area contributed by atoms with E-state index < -0.39 is 0 Å². The summed E-state index contributed by atoms with van der Waals surface area (Å²) in [5.41, 5.74) is 2.57. The molecular formula is C12H19N3O. The Hall–Kier alpha value is -0.900. The van der Waals surface area contributed by atoms with Gasteiger partial charge in [-0.05, 0) is 43.4 Å². The third kappa shape index (κ3) is 1.56. The molecule has 0 saturated heterocycles. The summed E-state index contributed by atoms with van der Waals surface area (Å²) in [6.45, 7) is 0.942. The van der Waals surface area contributed by atoms with Gasteiger partial charge in [-0.3, -0.25) is 4.68 Å². The Morgan fingerprint density at radius 3 is 2.81 bits per heavy atom. The molecule has 4 nitrogen and oxygen atoms in total. The van der Waals surface area contributed by atoms with Crippen molar-refractivity contribution in [3.8, 4) is 0 Å². The molecule has 0 amide bonds.